The molecule has 3 N–H and O–H groups in total. The number of amides is 3. The van der Waals surface area contributed by atoms with Crippen molar-refractivity contribution in [3.8, 4) is 0 Å². The van der Waals surface area contributed by atoms with E-state index in [1.165, 1.54) is 55.7 Å². The second-order valence-electron chi connectivity index (χ2n) is 20.7. The maximum Gasteiger partial charge on any atom is 0.338 e. The first-order chi connectivity index (χ1) is 34.6. The zero-order chi connectivity index (χ0) is 48.6. The molecule has 0 heterocycles. The standard InChI is InChI=1S/C60H56FN3O7/c61-44-17-11-16-38(25-44)26-50(55(65)63-45-28-42(58(68)70-33-36-12-3-1-4-13-36)27-43(29-45)59(69)71-34-37-14-5-2-6-15-37)64-57(67)54-52-48-20-9-7-18-46(48)51(47-19-8-10-21-49(47)52)53(54)56(66)62-35-60-30-39-22-40(31-60)24-41(23-39)32-60/h1-21,25,27-29,39-41,50-54H,22-24,26,30-35H2,(H,62,66)(H,63,65)(H,64,67)/t39?,40?,41?,50-,51?,52?,53-,54+,60?/m0/s1. The number of carbonyl (C=O) groups is 5. The molecule has 3 atom stereocenters. The average molecular weight is 950 g/mol. The van der Waals surface area contributed by atoms with Crippen molar-refractivity contribution < 1.29 is 37.8 Å². The maximum atomic E-state index is 15.5. The summed E-state index contributed by atoms with van der Waals surface area (Å²) in [5.74, 6) is -3.84. The molecule has 13 rings (SSSR count). The van der Waals surface area contributed by atoms with Crippen LogP contribution < -0.4 is 16.0 Å². The Morgan fingerprint density at radius 3 is 1.51 bits per heavy atom. The smallest absolute Gasteiger partial charge is 0.338 e. The summed E-state index contributed by atoms with van der Waals surface area (Å²) in [7, 11) is 0. The normalized spacial score (nSPS) is 24.4. The van der Waals surface area contributed by atoms with Crippen molar-refractivity contribution in [2.75, 3.05) is 11.9 Å². The molecule has 0 aliphatic heterocycles. The van der Waals surface area contributed by atoms with Crippen molar-refractivity contribution in [2.24, 2.45) is 35.0 Å². The van der Waals surface area contributed by atoms with Gasteiger partial charge in [-0.3, -0.25) is 14.4 Å². The lowest BCUT2D eigenvalue weighted by atomic mass is 9.49. The molecule has 6 bridgehead atoms. The van der Waals surface area contributed by atoms with Gasteiger partial charge in [-0.25, -0.2) is 14.0 Å². The minimum Gasteiger partial charge on any atom is -0.457 e. The lowest BCUT2D eigenvalue weighted by Crippen LogP contribution is -2.57. The molecule has 0 spiro atoms. The molecule has 71 heavy (non-hydrogen) atoms. The van der Waals surface area contributed by atoms with Crippen LogP contribution >= 0.6 is 0 Å². The van der Waals surface area contributed by atoms with Gasteiger partial charge in [-0.2, -0.15) is 0 Å². The summed E-state index contributed by atoms with van der Waals surface area (Å²) >= 11 is 0. The molecule has 6 aromatic rings. The van der Waals surface area contributed by atoms with Gasteiger partial charge >= 0.3 is 11.9 Å². The highest BCUT2D eigenvalue weighted by molar-refractivity contribution is 6.02. The third-order valence-corrected chi connectivity index (χ3v) is 15.9. The molecule has 0 aromatic heterocycles. The molecule has 0 radical (unpaired) electrons. The Hall–Kier alpha value is -7.40. The molecule has 6 aromatic carbocycles. The Balaban J connectivity index is 0.908. The predicted octanol–water partition coefficient (Wildman–Crippen LogP) is 10.1. The lowest BCUT2D eigenvalue weighted by Gasteiger charge is -2.57. The number of anilines is 1. The first-order valence-electron chi connectivity index (χ1n) is 24.9. The third kappa shape index (κ3) is 9.50. The van der Waals surface area contributed by atoms with Crippen molar-refractivity contribution in [1.82, 2.24) is 10.6 Å². The van der Waals surface area contributed by atoms with Crippen LogP contribution in [0.25, 0.3) is 0 Å². The van der Waals surface area contributed by atoms with Crippen LogP contribution in [-0.4, -0.2) is 42.2 Å². The summed E-state index contributed by atoms with van der Waals surface area (Å²) in [6.07, 6.45) is 7.11. The number of rotatable bonds is 15. The molecule has 7 aliphatic rings. The highest BCUT2D eigenvalue weighted by atomic mass is 19.1. The van der Waals surface area contributed by atoms with Gasteiger partial charge in [0.1, 0.15) is 25.1 Å². The number of hydrogen-bond acceptors (Lipinski definition) is 7. The Kier molecular flexibility index (Phi) is 12.6. The quantitative estimate of drug-likeness (QED) is 0.0871. The van der Waals surface area contributed by atoms with Gasteiger partial charge in [0.15, 0.2) is 0 Å². The minimum absolute atomic E-state index is 0.0194. The van der Waals surface area contributed by atoms with E-state index in [0.717, 1.165) is 52.6 Å². The average Bonchev–Trinajstić information content (AvgIpc) is 3.38. The Labute approximate surface area is 412 Å². The first-order valence-corrected chi connectivity index (χ1v) is 24.9. The fourth-order valence-electron chi connectivity index (χ4n) is 13.4. The number of fused-ring (bicyclic) bond motifs is 1. The molecule has 360 valence electrons. The number of benzene rings is 6. The van der Waals surface area contributed by atoms with E-state index in [0.29, 0.717) is 29.9 Å². The fraction of sp³-hybridized carbons (Fsp3) is 0.317. The maximum absolute atomic E-state index is 15.5. The number of hydrogen-bond donors (Lipinski definition) is 3. The van der Waals surface area contributed by atoms with Crippen LogP contribution in [0.1, 0.15) is 110 Å². The van der Waals surface area contributed by atoms with E-state index < -0.39 is 59.3 Å². The molecule has 7 aliphatic carbocycles. The zero-order valence-corrected chi connectivity index (χ0v) is 39.4. The van der Waals surface area contributed by atoms with E-state index in [9.17, 15) is 18.8 Å². The monoisotopic (exact) mass is 949 g/mol. The van der Waals surface area contributed by atoms with Crippen LogP contribution in [0.3, 0.4) is 0 Å². The molecule has 4 saturated carbocycles. The van der Waals surface area contributed by atoms with Crippen molar-refractivity contribution in [2.45, 2.75) is 76.0 Å². The van der Waals surface area contributed by atoms with E-state index in [1.807, 2.05) is 97.1 Å². The van der Waals surface area contributed by atoms with Crippen LogP contribution in [0.2, 0.25) is 0 Å². The number of esters is 2. The highest BCUT2D eigenvalue weighted by Crippen LogP contribution is 2.61. The third-order valence-electron chi connectivity index (χ3n) is 15.9. The van der Waals surface area contributed by atoms with E-state index in [1.54, 1.807) is 6.07 Å². The van der Waals surface area contributed by atoms with Gasteiger partial charge in [-0.05, 0) is 131 Å². The van der Waals surface area contributed by atoms with E-state index >= 15 is 9.59 Å². The van der Waals surface area contributed by atoms with Gasteiger partial charge in [0.2, 0.25) is 17.7 Å². The van der Waals surface area contributed by atoms with E-state index in [2.05, 4.69) is 28.1 Å². The molecular weight excluding hydrogens is 894 g/mol. The topological polar surface area (TPSA) is 140 Å². The van der Waals surface area contributed by atoms with Gasteiger partial charge in [0.25, 0.3) is 0 Å². The van der Waals surface area contributed by atoms with E-state index in [4.69, 9.17) is 9.47 Å². The zero-order valence-electron chi connectivity index (χ0n) is 39.4. The molecule has 4 fully saturated rings. The molecule has 0 unspecified atom stereocenters. The van der Waals surface area contributed by atoms with Gasteiger partial charge in [-0.15, -0.1) is 0 Å². The van der Waals surface area contributed by atoms with E-state index in [-0.39, 0.29) is 47.8 Å². The van der Waals surface area contributed by atoms with Crippen molar-refractivity contribution in [3.05, 3.63) is 208 Å². The van der Waals surface area contributed by atoms with Gasteiger partial charge < -0.3 is 25.4 Å². The molecule has 10 nitrogen and oxygen atoms in total. The number of ether oxygens (including phenoxy) is 2. The predicted molar refractivity (Wildman–Crippen MR) is 265 cm³/mol. The second kappa shape index (κ2) is 19.4. The molecule has 0 saturated heterocycles. The van der Waals surface area contributed by atoms with Crippen molar-refractivity contribution in [1.29, 1.82) is 0 Å². The van der Waals surface area contributed by atoms with Gasteiger partial charge in [-0.1, -0.05) is 121 Å². The Morgan fingerprint density at radius 2 is 1.01 bits per heavy atom. The number of nitrogens with one attached hydrogen (secondary N) is 3. The Bertz CT molecular complexity index is 2860. The van der Waals surface area contributed by atoms with Gasteiger partial charge in [0, 0.05) is 30.5 Å². The first kappa shape index (κ1) is 46.0. The van der Waals surface area contributed by atoms with Crippen LogP contribution in [0.15, 0.2) is 152 Å². The molecule has 3 amide bonds. The van der Waals surface area contributed by atoms with Crippen LogP contribution in [0.5, 0.6) is 0 Å². The summed E-state index contributed by atoms with van der Waals surface area (Å²) < 4.78 is 26.1. The lowest BCUT2D eigenvalue weighted by molar-refractivity contribution is -0.139. The fourth-order valence-corrected chi connectivity index (χ4v) is 13.4. The minimum atomic E-state index is -1.30. The SMILES string of the molecule is O=C(OCc1ccccc1)c1cc(NC(=O)[C@H](Cc2cccc(F)c2)NC(=O)[C@@H]2C3c4ccccc4C(c4ccccc43)[C@@H]2C(=O)NCC23CC4CC(CC(C4)C2)C3)cc(C(=O)OCc2ccccc2)c1. The highest BCUT2D eigenvalue weighted by Gasteiger charge is 2.56. The van der Waals surface area contributed by atoms with Gasteiger partial charge in [0.05, 0.1) is 23.0 Å². The molecular formula is C60H56FN3O7. The van der Waals surface area contributed by atoms with Crippen LogP contribution in [-0.2, 0) is 43.5 Å². The second-order valence-corrected chi connectivity index (χ2v) is 20.7. The Morgan fingerprint density at radius 1 is 0.549 bits per heavy atom. The molecule has 11 heteroatoms. The summed E-state index contributed by atoms with van der Waals surface area (Å²) in [5, 5.41) is 9.38. The summed E-state index contributed by atoms with van der Waals surface area (Å²) in [6.45, 7) is 0.502. The summed E-state index contributed by atoms with van der Waals surface area (Å²) in [6, 6.07) is 43.0. The van der Waals surface area contributed by atoms with Crippen LogP contribution in [0.4, 0.5) is 10.1 Å². The number of halogens is 1. The largest absolute Gasteiger partial charge is 0.457 e. The van der Waals surface area contributed by atoms with Crippen LogP contribution in [0, 0.1) is 40.8 Å². The number of carbonyl (C=O) groups excluding carboxylic acids is 5. The van der Waals surface area contributed by atoms with Crippen molar-refractivity contribution >= 4 is 35.3 Å². The summed E-state index contributed by atoms with van der Waals surface area (Å²) in [5.41, 5.74) is 6.01. The summed E-state index contributed by atoms with van der Waals surface area (Å²) in [4.78, 5) is 72.8. The van der Waals surface area contributed by atoms with Crippen molar-refractivity contribution in [3.63, 3.8) is 0 Å².